The van der Waals surface area contributed by atoms with Gasteiger partial charge in [0.1, 0.15) is 5.76 Å². The van der Waals surface area contributed by atoms with E-state index in [1.165, 1.54) is 6.39 Å². The van der Waals surface area contributed by atoms with E-state index in [2.05, 4.69) is 10.3 Å². The maximum atomic E-state index is 11.3. The van der Waals surface area contributed by atoms with Gasteiger partial charge in [-0.3, -0.25) is 4.79 Å². The van der Waals surface area contributed by atoms with Crippen LogP contribution in [0.3, 0.4) is 0 Å². The Balaban J connectivity index is 0.000000509. The molecule has 0 spiro atoms. The highest BCUT2D eigenvalue weighted by molar-refractivity contribution is 5.83. The Hall–Kier alpha value is -1.32. The van der Waals surface area contributed by atoms with Gasteiger partial charge in [-0.1, -0.05) is 27.7 Å². The van der Waals surface area contributed by atoms with Gasteiger partial charge in [0, 0.05) is 13.0 Å². The van der Waals surface area contributed by atoms with Crippen molar-refractivity contribution in [3.05, 3.63) is 17.8 Å². The Labute approximate surface area is 97.4 Å². The molecule has 0 saturated heterocycles. The molecule has 16 heavy (non-hydrogen) atoms. The Morgan fingerprint density at radius 3 is 2.62 bits per heavy atom. The van der Waals surface area contributed by atoms with Crippen LogP contribution in [0.1, 0.15) is 52.0 Å². The molecule has 2 heterocycles. The minimum absolute atomic E-state index is 0.0190. The molecule has 0 radical (unpaired) electrons. The molecule has 1 N–H and O–H groups in total. The molecule has 0 aliphatic carbocycles. The highest BCUT2D eigenvalue weighted by Crippen LogP contribution is 2.21. The van der Waals surface area contributed by atoms with Crippen LogP contribution in [0.15, 0.2) is 10.8 Å². The first-order valence-electron chi connectivity index (χ1n) is 5.99. The van der Waals surface area contributed by atoms with Crippen LogP contribution in [0.25, 0.3) is 0 Å². The first-order valence-corrected chi connectivity index (χ1v) is 5.99. The molecule has 0 saturated carbocycles. The summed E-state index contributed by atoms with van der Waals surface area (Å²) in [6.07, 6.45) is 2.17. The van der Waals surface area contributed by atoms with Crippen molar-refractivity contribution < 1.29 is 9.21 Å². The fourth-order valence-corrected chi connectivity index (χ4v) is 1.39. The number of fused-ring (bicyclic) bond motifs is 1. The Morgan fingerprint density at radius 1 is 1.38 bits per heavy atom. The Kier molecular flexibility index (Phi) is 7.25. The average Bonchev–Trinajstić information content (AvgIpc) is 2.77. The summed E-state index contributed by atoms with van der Waals surface area (Å²) in [7, 11) is 0. The normalized spacial score (nSPS) is 17.8. The maximum Gasteiger partial charge on any atom is 0.230 e. The average molecular weight is 226 g/mol. The third-order valence-electron chi connectivity index (χ3n) is 2.12. The number of oxazole rings is 1. The van der Waals surface area contributed by atoms with Gasteiger partial charge >= 0.3 is 0 Å². The molecule has 4 nitrogen and oxygen atoms in total. The predicted octanol–water partition coefficient (Wildman–Crippen LogP) is 2.50. The quantitative estimate of drug-likeness (QED) is 0.739. The molecule has 0 fully saturated rings. The van der Waals surface area contributed by atoms with Gasteiger partial charge in [0.25, 0.3) is 0 Å². The number of carbonyl (C=O) groups is 1. The van der Waals surface area contributed by atoms with E-state index in [9.17, 15) is 4.79 Å². The molecular weight excluding hydrogens is 204 g/mol. The summed E-state index contributed by atoms with van der Waals surface area (Å²) in [5.74, 6) is 0.528. The van der Waals surface area contributed by atoms with Crippen LogP contribution in [-0.2, 0) is 11.2 Å². The van der Waals surface area contributed by atoms with Crippen molar-refractivity contribution in [2.24, 2.45) is 0 Å². The first kappa shape index (κ1) is 14.7. The van der Waals surface area contributed by atoms with Crippen molar-refractivity contribution in [3.8, 4) is 0 Å². The van der Waals surface area contributed by atoms with Crippen molar-refractivity contribution in [1.82, 2.24) is 10.3 Å². The van der Waals surface area contributed by atoms with Crippen molar-refractivity contribution >= 4 is 5.91 Å². The molecule has 0 bridgehead atoms. The van der Waals surface area contributed by atoms with Crippen molar-refractivity contribution in [3.63, 3.8) is 0 Å². The van der Waals surface area contributed by atoms with Gasteiger partial charge < -0.3 is 9.73 Å². The monoisotopic (exact) mass is 226 g/mol. The van der Waals surface area contributed by atoms with E-state index in [1.54, 1.807) is 0 Å². The Morgan fingerprint density at radius 2 is 2.00 bits per heavy atom. The van der Waals surface area contributed by atoms with E-state index in [-0.39, 0.29) is 11.8 Å². The van der Waals surface area contributed by atoms with Crippen molar-refractivity contribution in [2.75, 3.05) is 6.54 Å². The van der Waals surface area contributed by atoms with Gasteiger partial charge in [-0.25, -0.2) is 4.98 Å². The molecule has 1 aliphatic rings. The number of amides is 1. The van der Waals surface area contributed by atoms with Crippen LogP contribution in [0.5, 0.6) is 0 Å². The number of nitrogens with zero attached hydrogens (tertiary/aromatic N) is 1. The van der Waals surface area contributed by atoms with E-state index < -0.39 is 0 Å². The van der Waals surface area contributed by atoms with E-state index in [0.29, 0.717) is 12.3 Å². The summed E-state index contributed by atoms with van der Waals surface area (Å²) in [4.78, 5) is 15.3. The number of aromatic nitrogens is 1. The topological polar surface area (TPSA) is 55.1 Å². The molecular formula is C12H22N2O2. The van der Waals surface area contributed by atoms with Gasteiger partial charge in [0.15, 0.2) is 6.39 Å². The second-order valence-corrected chi connectivity index (χ2v) is 2.93. The summed E-state index contributed by atoms with van der Waals surface area (Å²) in [6.45, 7) is 10.5. The molecule has 1 unspecified atom stereocenters. The van der Waals surface area contributed by atoms with Crippen LogP contribution in [0.2, 0.25) is 0 Å². The lowest BCUT2D eigenvalue weighted by atomic mass is 10.1. The summed E-state index contributed by atoms with van der Waals surface area (Å²) < 4.78 is 5.15. The van der Waals surface area contributed by atoms with E-state index >= 15 is 0 Å². The summed E-state index contributed by atoms with van der Waals surface area (Å²) in [6, 6.07) is 0. The highest BCUT2D eigenvalue weighted by Gasteiger charge is 2.25. The first-order chi connectivity index (χ1) is 7.79. The second-order valence-electron chi connectivity index (χ2n) is 2.93. The fourth-order valence-electron chi connectivity index (χ4n) is 1.39. The van der Waals surface area contributed by atoms with Crippen molar-refractivity contribution in [2.45, 2.75) is 47.0 Å². The zero-order valence-electron chi connectivity index (χ0n) is 10.8. The fraction of sp³-hybridized carbons (Fsp3) is 0.667. The predicted molar refractivity (Wildman–Crippen MR) is 64.3 cm³/mol. The van der Waals surface area contributed by atoms with Gasteiger partial charge in [-0.15, -0.1) is 0 Å². The molecule has 2 rings (SSSR count). The SMILES string of the molecule is CC.CC.CC1C(=O)NCCc2ncoc21. The van der Waals surface area contributed by atoms with E-state index in [1.807, 2.05) is 34.6 Å². The van der Waals surface area contributed by atoms with E-state index in [4.69, 9.17) is 4.42 Å². The number of hydrogen-bond donors (Lipinski definition) is 1. The van der Waals surface area contributed by atoms with E-state index in [0.717, 1.165) is 12.1 Å². The lowest BCUT2D eigenvalue weighted by molar-refractivity contribution is -0.122. The molecule has 1 aromatic heterocycles. The summed E-state index contributed by atoms with van der Waals surface area (Å²) in [5, 5.41) is 2.79. The summed E-state index contributed by atoms with van der Waals surface area (Å²) >= 11 is 0. The zero-order valence-corrected chi connectivity index (χ0v) is 10.8. The van der Waals surface area contributed by atoms with Gasteiger partial charge in [-0.2, -0.15) is 0 Å². The van der Waals surface area contributed by atoms with Crippen LogP contribution in [-0.4, -0.2) is 17.4 Å². The largest absolute Gasteiger partial charge is 0.447 e. The highest BCUT2D eigenvalue weighted by atomic mass is 16.3. The standard InChI is InChI=1S/C8H10N2O2.2C2H6/c1-5-7-6(10-4-12-7)2-3-9-8(5)11;2*1-2/h4-5H,2-3H2,1H3,(H,9,11);2*1-2H3. The molecule has 0 aromatic carbocycles. The molecule has 92 valence electrons. The number of rotatable bonds is 0. The van der Waals surface area contributed by atoms with Crippen LogP contribution < -0.4 is 5.32 Å². The van der Waals surface area contributed by atoms with Crippen LogP contribution in [0.4, 0.5) is 0 Å². The van der Waals surface area contributed by atoms with Gasteiger partial charge in [-0.05, 0) is 6.92 Å². The molecule has 1 aliphatic heterocycles. The van der Waals surface area contributed by atoms with Gasteiger partial charge in [0.2, 0.25) is 5.91 Å². The number of carbonyl (C=O) groups excluding carboxylic acids is 1. The molecule has 1 amide bonds. The molecule has 1 atom stereocenters. The lowest BCUT2D eigenvalue weighted by Crippen LogP contribution is -2.26. The minimum Gasteiger partial charge on any atom is -0.447 e. The van der Waals surface area contributed by atoms with Gasteiger partial charge in [0.05, 0.1) is 11.6 Å². The number of nitrogens with one attached hydrogen (secondary N) is 1. The molecule has 1 aromatic rings. The lowest BCUT2D eigenvalue weighted by Gasteiger charge is -2.03. The second kappa shape index (κ2) is 7.91. The number of hydrogen-bond acceptors (Lipinski definition) is 3. The minimum atomic E-state index is -0.204. The smallest absolute Gasteiger partial charge is 0.230 e. The van der Waals surface area contributed by atoms with Crippen LogP contribution >= 0.6 is 0 Å². The third kappa shape index (κ3) is 3.36. The van der Waals surface area contributed by atoms with Crippen molar-refractivity contribution in [1.29, 1.82) is 0 Å². The van der Waals surface area contributed by atoms with Crippen LogP contribution in [0, 0.1) is 0 Å². The summed E-state index contributed by atoms with van der Waals surface area (Å²) in [5.41, 5.74) is 0.904. The molecule has 4 heteroatoms. The maximum absolute atomic E-state index is 11.3. The third-order valence-corrected chi connectivity index (χ3v) is 2.12. The zero-order chi connectivity index (χ0) is 12.6. The Bertz CT molecular complexity index is 308.